The zero-order chi connectivity index (χ0) is 22.8. The molecule has 5 rings (SSSR count). The second kappa shape index (κ2) is 9.89. The molecule has 0 radical (unpaired) electrons. The number of halogens is 2. The monoisotopic (exact) mass is 530 g/mol. The normalized spacial score (nSPS) is 21.4. The second-order valence-electron chi connectivity index (χ2n) is 8.10. The van der Waals surface area contributed by atoms with Gasteiger partial charge in [0.2, 0.25) is 0 Å². The molecule has 0 spiro atoms. The number of pyridine rings is 1. The number of nitrogens with one attached hydrogen (secondary N) is 1. The number of ether oxygens (including phenoxy) is 1. The number of hydrogen-bond donors (Lipinski definition) is 1. The molecule has 2 atom stereocenters. The third-order valence-corrected chi connectivity index (χ3v) is 6.92. The molecule has 172 valence electrons. The molecule has 3 aromatic rings. The number of rotatable bonds is 6. The van der Waals surface area contributed by atoms with Crippen LogP contribution in [0.2, 0.25) is 0 Å². The smallest absolute Gasteiger partial charge is 0.170 e. The van der Waals surface area contributed by atoms with Gasteiger partial charge in [-0.15, -0.1) is 0 Å². The molecule has 1 N–H and O–H groups in total. The maximum atomic E-state index is 14.6. The van der Waals surface area contributed by atoms with Gasteiger partial charge >= 0.3 is 0 Å². The van der Waals surface area contributed by atoms with Crippen LogP contribution in [-0.2, 0) is 4.74 Å². The Balaban J connectivity index is 1.45. The molecule has 0 amide bonds. The highest BCUT2D eigenvalue weighted by Gasteiger charge is 2.41. The van der Waals surface area contributed by atoms with Gasteiger partial charge in [-0.2, -0.15) is 0 Å². The molecule has 2 aliphatic rings. The summed E-state index contributed by atoms with van der Waals surface area (Å²) in [5, 5.41) is 4.10. The molecule has 2 aliphatic heterocycles. The van der Waals surface area contributed by atoms with Crippen molar-refractivity contribution in [2.24, 2.45) is 0 Å². The Morgan fingerprint density at radius 1 is 1.12 bits per heavy atom. The van der Waals surface area contributed by atoms with Crippen LogP contribution in [0.3, 0.4) is 0 Å². The molecule has 2 aromatic heterocycles. The van der Waals surface area contributed by atoms with Crippen LogP contribution in [0.4, 0.5) is 4.39 Å². The van der Waals surface area contributed by atoms with Gasteiger partial charge in [0.25, 0.3) is 0 Å². The summed E-state index contributed by atoms with van der Waals surface area (Å²) in [6.07, 6.45) is 1.78. The van der Waals surface area contributed by atoms with Crippen molar-refractivity contribution in [3.63, 3.8) is 0 Å². The molecular weight excluding hydrogens is 507 g/mol. The van der Waals surface area contributed by atoms with Gasteiger partial charge in [0.15, 0.2) is 5.11 Å². The van der Waals surface area contributed by atoms with Gasteiger partial charge < -0.3 is 19.4 Å². The molecular formula is C24H24BrFN4O2S. The maximum Gasteiger partial charge on any atom is 0.170 e. The fraction of sp³-hybridized carbons (Fsp3) is 0.333. The summed E-state index contributed by atoms with van der Waals surface area (Å²) in [6.45, 7) is 4.94. The van der Waals surface area contributed by atoms with Crippen LogP contribution < -0.4 is 5.32 Å². The van der Waals surface area contributed by atoms with Gasteiger partial charge in [-0.1, -0.05) is 22.0 Å². The molecule has 0 saturated carbocycles. The van der Waals surface area contributed by atoms with E-state index in [2.05, 4.69) is 36.0 Å². The van der Waals surface area contributed by atoms with E-state index in [-0.39, 0.29) is 17.9 Å². The van der Waals surface area contributed by atoms with Crippen molar-refractivity contribution in [2.45, 2.75) is 12.1 Å². The first-order chi connectivity index (χ1) is 16.1. The molecule has 0 unspecified atom stereocenters. The minimum atomic E-state index is -0.337. The van der Waals surface area contributed by atoms with Crippen molar-refractivity contribution in [3.8, 4) is 11.3 Å². The molecule has 0 bridgehead atoms. The van der Waals surface area contributed by atoms with E-state index in [0.29, 0.717) is 20.9 Å². The Morgan fingerprint density at radius 3 is 2.73 bits per heavy atom. The summed E-state index contributed by atoms with van der Waals surface area (Å²) in [5.74, 6) is 0.869. The number of morpholine rings is 1. The van der Waals surface area contributed by atoms with Crippen LogP contribution in [0.15, 0.2) is 63.6 Å². The lowest BCUT2D eigenvalue weighted by Gasteiger charge is -2.31. The number of thiocarbonyl (C=S) groups is 1. The van der Waals surface area contributed by atoms with Crippen LogP contribution >= 0.6 is 28.1 Å². The van der Waals surface area contributed by atoms with Crippen molar-refractivity contribution in [2.75, 3.05) is 39.4 Å². The third-order valence-electron chi connectivity index (χ3n) is 6.07. The minimum Gasteiger partial charge on any atom is -0.459 e. The molecule has 4 heterocycles. The molecule has 2 fully saturated rings. The van der Waals surface area contributed by atoms with E-state index in [1.807, 2.05) is 30.3 Å². The Hall–Kier alpha value is -2.33. The van der Waals surface area contributed by atoms with Crippen molar-refractivity contribution in [1.82, 2.24) is 20.1 Å². The first-order valence-electron chi connectivity index (χ1n) is 10.9. The summed E-state index contributed by atoms with van der Waals surface area (Å²) in [4.78, 5) is 9.10. The van der Waals surface area contributed by atoms with Gasteiger partial charge in [0.05, 0.1) is 30.5 Å². The summed E-state index contributed by atoms with van der Waals surface area (Å²) < 4.78 is 27.0. The van der Waals surface area contributed by atoms with E-state index in [1.54, 1.807) is 18.3 Å². The van der Waals surface area contributed by atoms with Crippen molar-refractivity contribution >= 4 is 33.3 Å². The zero-order valence-electron chi connectivity index (χ0n) is 17.9. The van der Waals surface area contributed by atoms with Gasteiger partial charge in [-0.05, 0) is 54.7 Å². The first kappa shape index (κ1) is 22.5. The standard InChI is InChI=1S/C24H24BrFN4O2S/c25-16-4-5-17(18(26)15-16)20-6-7-21(32-20)23-22(19-3-1-2-8-27-19)28-24(33)30(23)10-9-29-11-13-31-14-12-29/h1-8,15,22-23H,9-14H2,(H,28,33)/t22-,23+/m0/s1. The average molecular weight is 531 g/mol. The van der Waals surface area contributed by atoms with Crippen LogP contribution in [0.1, 0.15) is 23.5 Å². The molecule has 0 aliphatic carbocycles. The highest BCUT2D eigenvalue weighted by atomic mass is 79.9. The number of aromatic nitrogens is 1. The van der Waals surface area contributed by atoms with Crippen molar-refractivity contribution < 1.29 is 13.5 Å². The fourth-order valence-corrected chi connectivity index (χ4v) is 5.04. The molecule has 6 nitrogen and oxygen atoms in total. The molecule has 2 saturated heterocycles. The second-order valence-corrected chi connectivity index (χ2v) is 9.40. The van der Waals surface area contributed by atoms with Gasteiger partial charge in [0, 0.05) is 36.8 Å². The lowest BCUT2D eigenvalue weighted by Crippen LogP contribution is -2.42. The van der Waals surface area contributed by atoms with Gasteiger partial charge in [0.1, 0.15) is 23.4 Å². The van der Waals surface area contributed by atoms with Crippen LogP contribution in [0.5, 0.6) is 0 Å². The maximum absolute atomic E-state index is 14.6. The number of nitrogens with zero attached hydrogens (tertiary/aromatic N) is 3. The Bertz CT molecular complexity index is 1120. The summed E-state index contributed by atoms with van der Waals surface area (Å²) in [7, 11) is 0. The molecule has 33 heavy (non-hydrogen) atoms. The lowest BCUT2D eigenvalue weighted by molar-refractivity contribution is 0.0347. The topological polar surface area (TPSA) is 53.8 Å². The van der Waals surface area contributed by atoms with E-state index >= 15 is 0 Å². The predicted molar refractivity (Wildman–Crippen MR) is 131 cm³/mol. The highest BCUT2D eigenvalue weighted by Crippen LogP contribution is 2.40. The van der Waals surface area contributed by atoms with Gasteiger partial charge in [-0.25, -0.2) is 4.39 Å². The summed E-state index contributed by atoms with van der Waals surface area (Å²) >= 11 is 9.04. The largest absolute Gasteiger partial charge is 0.459 e. The van der Waals surface area contributed by atoms with E-state index in [4.69, 9.17) is 21.4 Å². The lowest BCUT2D eigenvalue weighted by atomic mass is 10.0. The van der Waals surface area contributed by atoms with Crippen molar-refractivity contribution in [3.05, 3.63) is 76.5 Å². The first-order valence-corrected chi connectivity index (χ1v) is 12.1. The fourth-order valence-electron chi connectivity index (χ4n) is 4.38. The number of hydrogen-bond acceptors (Lipinski definition) is 5. The molecule has 9 heteroatoms. The summed E-state index contributed by atoms with van der Waals surface area (Å²) in [6, 6.07) is 14.2. The van der Waals surface area contributed by atoms with E-state index in [9.17, 15) is 4.39 Å². The van der Waals surface area contributed by atoms with E-state index in [1.165, 1.54) is 6.07 Å². The third kappa shape index (κ3) is 4.82. The van der Waals surface area contributed by atoms with Crippen LogP contribution in [0, 0.1) is 5.82 Å². The van der Waals surface area contributed by atoms with Crippen LogP contribution in [-0.4, -0.2) is 59.3 Å². The molecule has 1 aromatic carbocycles. The van der Waals surface area contributed by atoms with Crippen LogP contribution in [0.25, 0.3) is 11.3 Å². The van der Waals surface area contributed by atoms with Crippen molar-refractivity contribution in [1.29, 1.82) is 0 Å². The van der Waals surface area contributed by atoms with E-state index in [0.717, 1.165) is 50.8 Å². The zero-order valence-corrected chi connectivity index (χ0v) is 20.3. The average Bonchev–Trinajstić information content (AvgIpc) is 3.43. The number of furan rings is 1. The Labute approximate surface area is 205 Å². The Morgan fingerprint density at radius 2 is 1.97 bits per heavy atom. The highest BCUT2D eigenvalue weighted by molar-refractivity contribution is 9.10. The van der Waals surface area contributed by atoms with Gasteiger partial charge in [-0.3, -0.25) is 9.88 Å². The Kier molecular flexibility index (Phi) is 6.73. The SMILES string of the molecule is Fc1cc(Br)ccc1-c1ccc([C@@H]2[C@H](c3ccccn3)NC(=S)N2CCN2CCOCC2)o1. The predicted octanol–water partition coefficient (Wildman–Crippen LogP) is 4.55. The summed E-state index contributed by atoms with van der Waals surface area (Å²) in [5.41, 5.74) is 1.30. The van der Waals surface area contributed by atoms with E-state index < -0.39 is 0 Å². The number of benzene rings is 1. The quantitative estimate of drug-likeness (QED) is 0.469. The minimum absolute atomic E-state index is 0.169.